The Morgan fingerprint density at radius 2 is 2.06 bits per heavy atom. The van der Waals surface area contributed by atoms with E-state index >= 15 is 0 Å². The van der Waals surface area contributed by atoms with E-state index in [2.05, 4.69) is 6.92 Å². The van der Waals surface area contributed by atoms with Crippen LogP contribution in [0.3, 0.4) is 0 Å². The van der Waals surface area contributed by atoms with Crippen LogP contribution in [0.1, 0.15) is 32.3 Å². The molecule has 0 fully saturated rings. The summed E-state index contributed by atoms with van der Waals surface area (Å²) in [5, 5.41) is 0.853. The number of hydrogen-bond donors (Lipinski definition) is 0. The third-order valence-electron chi connectivity index (χ3n) is 2.61. The summed E-state index contributed by atoms with van der Waals surface area (Å²) >= 11 is 0. The van der Waals surface area contributed by atoms with Gasteiger partial charge in [-0.3, -0.25) is 4.57 Å². The third-order valence-corrected chi connectivity index (χ3v) is 5.11. The van der Waals surface area contributed by atoms with E-state index in [1.54, 1.807) is 0 Å². The molecule has 0 N–H and O–H groups in total. The smallest absolute Gasteiger partial charge is 0.231 e. The van der Waals surface area contributed by atoms with Crippen molar-refractivity contribution in [2.24, 2.45) is 0 Å². The summed E-state index contributed by atoms with van der Waals surface area (Å²) in [6.45, 7) is 6.63. The van der Waals surface area contributed by atoms with Crippen molar-refractivity contribution < 1.29 is 9.09 Å². The van der Waals surface area contributed by atoms with Gasteiger partial charge in [-0.1, -0.05) is 38.0 Å². The molecule has 1 aromatic carbocycles. The van der Waals surface area contributed by atoms with Gasteiger partial charge in [0.2, 0.25) is 7.37 Å². The van der Waals surface area contributed by atoms with E-state index in [1.807, 2.05) is 38.1 Å². The molecule has 3 heteroatoms. The van der Waals surface area contributed by atoms with Gasteiger partial charge >= 0.3 is 0 Å². The van der Waals surface area contributed by atoms with Crippen molar-refractivity contribution >= 4 is 12.7 Å². The maximum absolute atomic E-state index is 12.6. The van der Waals surface area contributed by atoms with Gasteiger partial charge in [0.15, 0.2) is 0 Å². The zero-order valence-corrected chi connectivity index (χ0v) is 11.3. The molecule has 1 aromatic rings. The van der Waals surface area contributed by atoms with Crippen molar-refractivity contribution in [1.82, 2.24) is 0 Å². The highest BCUT2D eigenvalue weighted by atomic mass is 31.2. The van der Waals surface area contributed by atoms with Gasteiger partial charge in [-0.15, -0.1) is 0 Å². The maximum atomic E-state index is 12.6. The molecule has 0 saturated carbocycles. The zero-order valence-electron chi connectivity index (χ0n) is 10.4. The first kappa shape index (κ1) is 13.5. The van der Waals surface area contributed by atoms with Gasteiger partial charge in [-0.05, 0) is 25.5 Å². The Hall–Kier alpha value is -0.590. The fourth-order valence-corrected chi connectivity index (χ4v) is 3.38. The fourth-order valence-electron chi connectivity index (χ4n) is 1.54. The third kappa shape index (κ3) is 3.47. The normalized spacial score (nSPS) is 14.7. The largest absolute Gasteiger partial charge is 0.325 e. The second kappa shape index (κ2) is 6.22. The maximum Gasteiger partial charge on any atom is 0.231 e. The summed E-state index contributed by atoms with van der Waals surface area (Å²) in [4.78, 5) is 0. The number of aryl methyl sites for hydroxylation is 1. The first-order valence-electron chi connectivity index (χ1n) is 5.93. The Morgan fingerprint density at radius 1 is 1.31 bits per heavy atom. The number of rotatable bonds is 6. The molecule has 0 bridgehead atoms. The minimum atomic E-state index is -2.61. The van der Waals surface area contributed by atoms with Crippen LogP contribution in [-0.2, 0) is 9.09 Å². The average molecular weight is 240 g/mol. The number of unbranched alkanes of at least 4 members (excludes halogenated alkanes) is 1. The fraction of sp³-hybridized carbons (Fsp3) is 0.538. The van der Waals surface area contributed by atoms with Gasteiger partial charge in [0.05, 0.1) is 6.61 Å². The van der Waals surface area contributed by atoms with E-state index in [9.17, 15) is 4.57 Å². The molecule has 0 aliphatic rings. The average Bonchev–Trinajstić information content (AvgIpc) is 2.29. The molecule has 1 unspecified atom stereocenters. The lowest BCUT2D eigenvalue weighted by atomic mass is 10.2. The van der Waals surface area contributed by atoms with Gasteiger partial charge in [0.1, 0.15) is 0 Å². The Kier molecular flexibility index (Phi) is 5.24. The minimum absolute atomic E-state index is 0.570. The molecule has 1 atom stereocenters. The number of benzene rings is 1. The first-order valence-corrected chi connectivity index (χ1v) is 7.74. The molecule has 0 aliphatic heterocycles. The molecular formula is C13H21O2P. The summed E-state index contributed by atoms with van der Waals surface area (Å²) in [5.74, 6) is 0. The zero-order chi connectivity index (χ0) is 12.0. The lowest BCUT2D eigenvalue weighted by Crippen LogP contribution is -2.10. The van der Waals surface area contributed by atoms with E-state index in [-0.39, 0.29) is 0 Å². The van der Waals surface area contributed by atoms with E-state index in [1.165, 1.54) is 0 Å². The lowest BCUT2D eigenvalue weighted by Gasteiger charge is -2.17. The van der Waals surface area contributed by atoms with E-state index < -0.39 is 7.37 Å². The molecule has 16 heavy (non-hydrogen) atoms. The van der Waals surface area contributed by atoms with Crippen molar-refractivity contribution in [1.29, 1.82) is 0 Å². The van der Waals surface area contributed by atoms with Crippen molar-refractivity contribution in [2.45, 2.75) is 33.6 Å². The van der Waals surface area contributed by atoms with Crippen molar-refractivity contribution in [3.05, 3.63) is 29.8 Å². The van der Waals surface area contributed by atoms with E-state index in [0.717, 1.165) is 23.7 Å². The molecule has 0 aromatic heterocycles. The number of hydrogen-bond acceptors (Lipinski definition) is 2. The minimum Gasteiger partial charge on any atom is -0.325 e. The Balaban J connectivity index is 2.83. The summed E-state index contributed by atoms with van der Waals surface area (Å²) in [6.07, 6.45) is 2.60. The van der Waals surface area contributed by atoms with Crippen LogP contribution in [-0.4, -0.2) is 12.8 Å². The van der Waals surface area contributed by atoms with Crippen LogP contribution in [0.25, 0.3) is 0 Å². The van der Waals surface area contributed by atoms with Crippen LogP contribution in [0, 0.1) is 6.92 Å². The van der Waals surface area contributed by atoms with Gasteiger partial charge in [0.25, 0.3) is 0 Å². The second-order valence-corrected chi connectivity index (χ2v) is 6.77. The lowest BCUT2D eigenvalue weighted by molar-refractivity contribution is 0.313. The monoisotopic (exact) mass is 240 g/mol. The SMILES string of the molecule is CCCCOP(=O)(CC)c1cccc(C)c1. The molecular weight excluding hydrogens is 219 g/mol. The quantitative estimate of drug-likeness (QED) is 0.559. The Labute approximate surface area is 98.5 Å². The summed E-state index contributed by atoms with van der Waals surface area (Å²) in [6, 6.07) is 7.82. The van der Waals surface area contributed by atoms with Gasteiger partial charge in [0, 0.05) is 11.5 Å². The van der Waals surface area contributed by atoms with E-state index in [4.69, 9.17) is 4.52 Å². The summed E-state index contributed by atoms with van der Waals surface area (Å²) in [7, 11) is -2.61. The molecule has 0 radical (unpaired) electrons. The van der Waals surface area contributed by atoms with Gasteiger partial charge < -0.3 is 4.52 Å². The van der Waals surface area contributed by atoms with Crippen LogP contribution in [0.15, 0.2) is 24.3 Å². The molecule has 2 nitrogen and oxygen atoms in total. The van der Waals surface area contributed by atoms with Crippen LogP contribution in [0.2, 0.25) is 0 Å². The van der Waals surface area contributed by atoms with Gasteiger partial charge in [-0.2, -0.15) is 0 Å². The van der Waals surface area contributed by atoms with Crippen LogP contribution in [0.5, 0.6) is 0 Å². The molecule has 0 saturated heterocycles. The van der Waals surface area contributed by atoms with E-state index in [0.29, 0.717) is 12.8 Å². The predicted molar refractivity (Wildman–Crippen MR) is 69.8 cm³/mol. The summed E-state index contributed by atoms with van der Waals surface area (Å²) < 4.78 is 18.2. The van der Waals surface area contributed by atoms with Crippen LogP contribution >= 0.6 is 7.37 Å². The van der Waals surface area contributed by atoms with Gasteiger partial charge in [-0.25, -0.2) is 0 Å². The molecule has 0 aliphatic carbocycles. The molecule has 1 rings (SSSR count). The first-order chi connectivity index (χ1) is 7.62. The van der Waals surface area contributed by atoms with Crippen molar-refractivity contribution in [3.8, 4) is 0 Å². The molecule has 0 spiro atoms. The Morgan fingerprint density at radius 3 is 2.62 bits per heavy atom. The topological polar surface area (TPSA) is 26.3 Å². The van der Waals surface area contributed by atoms with Crippen molar-refractivity contribution in [2.75, 3.05) is 12.8 Å². The highest BCUT2D eigenvalue weighted by Crippen LogP contribution is 2.45. The highest BCUT2D eigenvalue weighted by Gasteiger charge is 2.23. The molecule has 90 valence electrons. The molecule has 0 amide bonds. The standard InChI is InChI=1S/C13H21O2P/c1-4-6-10-15-16(14,5-2)13-9-7-8-12(3)11-13/h7-9,11H,4-6,10H2,1-3H3. The second-order valence-electron chi connectivity index (χ2n) is 4.02. The Bertz CT molecular complexity index is 374. The van der Waals surface area contributed by atoms with Crippen molar-refractivity contribution in [3.63, 3.8) is 0 Å². The van der Waals surface area contributed by atoms with Crippen LogP contribution < -0.4 is 5.30 Å². The molecule has 0 heterocycles. The van der Waals surface area contributed by atoms with Crippen LogP contribution in [0.4, 0.5) is 0 Å². The highest BCUT2D eigenvalue weighted by molar-refractivity contribution is 7.66. The predicted octanol–water partition coefficient (Wildman–Crippen LogP) is 3.74. The summed E-state index contributed by atoms with van der Waals surface area (Å²) in [5.41, 5.74) is 1.13.